The van der Waals surface area contributed by atoms with Crippen molar-refractivity contribution in [2.45, 2.75) is 39.2 Å². The first kappa shape index (κ1) is 24.4. The molecule has 182 valence electrons. The first-order chi connectivity index (χ1) is 16.8. The third-order valence-electron chi connectivity index (χ3n) is 5.89. The number of hydrogen-bond donors (Lipinski definition) is 3. The van der Waals surface area contributed by atoms with Gasteiger partial charge in [-0.05, 0) is 72.7 Å². The lowest BCUT2D eigenvalue weighted by molar-refractivity contribution is -0.144. The summed E-state index contributed by atoms with van der Waals surface area (Å²) in [4.78, 5) is 41.3. The number of fused-ring (bicyclic) bond motifs is 1. The number of ether oxygens (including phenoxy) is 1. The van der Waals surface area contributed by atoms with Gasteiger partial charge in [0.25, 0.3) is 5.91 Å². The summed E-state index contributed by atoms with van der Waals surface area (Å²) in [5.74, 6) is -1.05. The number of rotatable bonds is 7. The maximum absolute atomic E-state index is 12.6. The number of aryl methyl sites for hydroxylation is 2. The Morgan fingerprint density at radius 2 is 1.66 bits per heavy atom. The first-order valence-electron chi connectivity index (χ1n) is 11.5. The number of urea groups is 1. The molecule has 0 radical (unpaired) electrons. The lowest BCUT2D eigenvalue weighted by Crippen LogP contribution is -2.45. The number of esters is 1. The van der Waals surface area contributed by atoms with Gasteiger partial charge in [-0.15, -0.1) is 11.3 Å². The SMILES string of the molecule is COC(=O)C(NC(=O)c1csc(-c2ccc(NC(=O)Nc3ccc4c(c3)CCC4)cc2)n1)C(C)C. The molecule has 1 aliphatic rings. The lowest BCUT2D eigenvalue weighted by Gasteiger charge is -2.19. The smallest absolute Gasteiger partial charge is 0.328 e. The maximum Gasteiger partial charge on any atom is 0.328 e. The molecule has 1 atom stereocenters. The van der Waals surface area contributed by atoms with Gasteiger partial charge in [-0.25, -0.2) is 14.6 Å². The van der Waals surface area contributed by atoms with E-state index in [4.69, 9.17) is 4.74 Å². The van der Waals surface area contributed by atoms with Crippen LogP contribution in [0.5, 0.6) is 0 Å². The quantitative estimate of drug-likeness (QED) is 0.408. The molecule has 1 aliphatic carbocycles. The number of carbonyl (C=O) groups excluding carboxylic acids is 3. The van der Waals surface area contributed by atoms with Gasteiger partial charge in [0, 0.05) is 22.3 Å². The number of benzene rings is 2. The van der Waals surface area contributed by atoms with Crippen molar-refractivity contribution in [2.24, 2.45) is 5.92 Å². The van der Waals surface area contributed by atoms with Crippen molar-refractivity contribution in [3.05, 3.63) is 64.7 Å². The van der Waals surface area contributed by atoms with Crippen LogP contribution in [-0.2, 0) is 22.4 Å². The highest BCUT2D eigenvalue weighted by atomic mass is 32.1. The summed E-state index contributed by atoms with van der Waals surface area (Å²) in [6.45, 7) is 3.66. The number of anilines is 2. The summed E-state index contributed by atoms with van der Waals surface area (Å²) in [5.41, 5.74) is 5.12. The molecule has 3 amide bonds. The molecule has 4 rings (SSSR count). The lowest BCUT2D eigenvalue weighted by atomic mass is 10.0. The second-order valence-corrected chi connectivity index (χ2v) is 9.61. The number of methoxy groups -OCH3 is 1. The Kier molecular flexibility index (Phi) is 7.45. The Morgan fingerprint density at radius 3 is 2.37 bits per heavy atom. The molecule has 1 heterocycles. The van der Waals surface area contributed by atoms with Gasteiger partial charge in [0.15, 0.2) is 0 Å². The molecule has 35 heavy (non-hydrogen) atoms. The van der Waals surface area contributed by atoms with Crippen LogP contribution in [0.25, 0.3) is 10.6 Å². The second kappa shape index (κ2) is 10.7. The number of thiazole rings is 1. The standard InChI is InChI=1S/C26H28N4O4S/c1-15(2)22(25(32)34-3)30-23(31)21-14-35-24(29-21)17-8-10-19(11-9-17)27-26(33)28-20-12-7-16-5-4-6-18(16)13-20/h7-15,22H,4-6H2,1-3H3,(H,30,31)(H2,27,28,33). The van der Waals surface area contributed by atoms with E-state index in [0.717, 1.165) is 30.5 Å². The average molecular weight is 493 g/mol. The van der Waals surface area contributed by atoms with E-state index in [1.807, 2.05) is 38.1 Å². The zero-order valence-electron chi connectivity index (χ0n) is 19.9. The summed E-state index contributed by atoms with van der Waals surface area (Å²) in [7, 11) is 1.29. The van der Waals surface area contributed by atoms with Crippen LogP contribution in [0.4, 0.5) is 16.2 Å². The molecule has 2 aromatic carbocycles. The van der Waals surface area contributed by atoms with Gasteiger partial charge in [-0.3, -0.25) is 4.79 Å². The fourth-order valence-electron chi connectivity index (χ4n) is 3.99. The zero-order valence-corrected chi connectivity index (χ0v) is 20.7. The van der Waals surface area contributed by atoms with Crippen LogP contribution in [-0.4, -0.2) is 36.0 Å². The van der Waals surface area contributed by atoms with Crippen molar-refractivity contribution in [1.82, 2.24) is 10.3 Å². The fraction of sp³-hybridized carbons (Fsp3) is 0.308. The number of carbonyl (C=O) groups is 3. The predicted molar refractivity (Wildman–Crippen MR) is 137 cm³/mol. The van der Waals surface area contributed by atoms with E-state index in [1.54, 1.807) is 17.5 Å². The molecule has 3 N–H and O–H groups in total. The minimum atomic E-state index is -0.744. The summed E-state index contributed by atoms with van der Waals surface area (Å²) in [6.07, 6.45) is 3.32. The van der Waals surface area contributed by atoms with E-state index in [1.165, 1.54) is 29.6 Å². The van der Waals surface area contributed by atoms with Gasteiger partial charge < -0.3 is 20.7 Å². The van der Waals surface area contributed by atoms with Crippen molar-refractivity contribution >= 4 is 40.6 Å². The molecular weight excluding hydrogens is 464 g/mol. The van der Waals surface area contributed by atoms with Gasteiger partial charge in [-0.1, -0.05) is 19.9 Å². The number of aromatic nitrogens is 1. The van der Waals surface area contributed by atoms with Crippen LogP contribution in [0.2, 0.25) is 0 Å². The minimum Gasteiger partial charge on any atom is -0.467 e. The summed E-state index contributed by atoms with van der Waals surface area (Å²) in [6, 6.07) is 12.2. The molecule has 1 unspecified atom stereocenters. The number of nitrogens with one attached hydrogen (secondary N) is 3. The van der Waals surface area contributed by atoms with Crippen molar-refractivity contribution < 1.29 is 19.1 Å². The summed E-state index contributed by atoms with van der Waals surface area (Å²) >= 11 is 1.32. The molecule has 0 spiro atoms. The minimum absolute atomic E-state index is 0.121. The Hall–Kier alpha value is -3.72. The Labute approximate surface area is 208 Å². The monoisotopic (exact) mass is 492 g/mol. The molecule has 8 nitrogen and oxygen atoms in total. The molecule has 9 heteroatoms. The van der Waals surface area contributed by atoms with Crippen molar-refractivity contribution in [3.8, 4) is 10.6 Å². The van der Waals surface area contributed by atoms with E-state index >= 15 is 0 Å². The Bertz CT molecular complexity index is 1240. The highest BCUT2D eigenvalue weighted by molar-refractivity contribution is 7.13. The van der Waals surface area contributed by atoms with Crippen LogP contribution in [0.15, 0.2) is 47.8 Å². The topological polar surface area (TPSA) is 109 Å². The van der Waals surface area contributed by atoms with Gasteiger partial charge >= 0.3 is 12.0 Å². The van der Waals surface area contributed by atoms with Gasteiger partial charge in [0.2, 0.25) is 0 Å². The largest absolute Gasteiger partial charge is 0.467 e. The molecule has 0 aliphatic heterocycles. The van der Waals surface area contributed by atoms with E-state index in [9.17, 15) is 14.4 Å². The Morgan fingerprint density at radius 1 is 0.971 bits per heavy atom. The summed E-state index contributed by atoms with van der Waals surface area (Å²) in [5, 5.41) is 10.7. The highest BCUT2D eigenvalue weighted by Gasteiger charge is 2.26. The van der Waals surface area contributed by atoms with Crippen molar-refractivity contribution in [1.29, 1.82) is 0 Å². The van der Waals surface area contributed by atoms with E-state index < -0.39 is 17.9 Å². The van der Waals surface area contributed by atoms with E-state index in [0.29, 0.717) is 10.7 Å². The summed E-state index contributed by atoms with van der Waals surface area (Å²) < 4.78 is 4.77. The third-order valence-corrected chi connectivity index (χ3v) is 6.78. The van der Waals surface area contributed by atoms with Gasteiger partial charge in [0.1, 0.15) is 16.7 Å². The van der Waals surface area contributed by atoms with E-state index in [-0.39, 0.29) is 17.6 Å². The van der Waals surface area contributed by atoms with E-state index in [2.05, 4.69) is 27.0 Å². The number of hydrogen-bond acceptors (Lipinski definition) is 6. The molecule has 1 aromatic heterocycles. The van der Waals surface area contributed by atoms with Crippen LogP contribution in [0.3, 0.4) is 0 Å². The highest BCUT2D eigenvalue weighted by Crippen LogP contribution is 2.27. The average Bonchev–Trinajstić information content (AvgIpc) is 3.52. The first-order valence-corrected chi connectivity index (χ1v) is 12.4. The molecule has 0 saturated carbocycles. The Balaban J connectivity index is 1.36. The van der Waals surface area contributed by atoms with Gasteiger partial charge in [0.05, 0.1) is 7.11 Å². The van der Waals surface area contributed by atoms with Crippen LogP contribution in [0, 0.1) is 5.92 Å². The van der Waals surface area contributed by atoms with Crippen molar-refractivity contribution in [2.75, 3.05) is 17.7 Å². The maximum atomic E-state index is 12.6. The van der Waals surface area contributed by atoms with Crippen molar-refractivity contribution in [3.63, 3.8) is 0 Å². The molecule has 0 saturated heterocycles. The predicted octanol–water partition coefficient (Wildman–Crippen LogP) is 4.87. The fourth-order valence-corrected chi connectivity index (χ4v) is 4.80. The normalized spacial score (nSPS) is 13.1. The molecule has 3 aromatic rings. The van der Waals surface area contributed by atoms with Crippen LogP contribution < -0.4 is 16.0 Å². The third kappa shape index (κ3) is 5.86. The number of amides is 3. The zero-order chi connectivity index (χ0) is 24.9. The molecule has 0 bridgehead atoms. The van der Waals surface area contributed by atoms with Crippen LogP contribution in [0.1, 0.15) is 41.9 Å². The van der Waals surface area contributed by atoms with Crippen LogP contribution >= 0.6 is 11.3 Å². The second-order valence-electron chi connectivity index (χ2n) is 8.75. The molecular formula is C26H28N4O4S. The molecule has 0 fully saturated rings. The number of nitrogens with zero attached hydrogens (tertiary/aromatic N) is 1. The van der Waals surface area contributed by atoms with Gasteiger partial charge in [-0.2, -0.15) is 0 Å².